The van der Waals surface area contributed by atoms with Crippen LogP contribution in [-0.2, 0) is 0 Å². The Labute approximate surface area is 200 Å². The summed E-state index contributed by atoms with van der Waals surface area (Å²) >= 11 is 1.48. The van der Waals surface area contributed by atoms with Gasteiger partial charge >= 0.3 is 0 Å². The second-order valence-corrected chi connectivity index (χ2v) is 8.19. The van der Waals surface area contributed by atoms with E-state index in [9.17, 15) is 0 Å². The molecule has 3 heterocycles. The van der Waals surface area contributed by atoms with Crippen LogP contribution in [0, 0.1) is 0 Å². The lowest BCUT2D eigenvalue weighted by atomic mass is 10.1. The van der Waals surface area contributed by atoms with E-state index in [1.165, 1.54) is 11.3 Å². The lowest BCUT2D eigenvalue weighted by molar-refractivity contribution is 0.174. The van der Waals surface area contributed by atoms with E-state index in [1.54, 1.807) is 26.6 Å². The first-order chi connectivity index (χ1) is 16.7. The standard InChI is InChI=1S/C25H22N4O4S/c1-16(17-6-8-23-24(11-17)33-15-32-23)28-29-21(20-12-19(30-2)7-9-22(20)31-3)14-34-25(29)27-18-5-4-10-26-13-18/h4-14H,15H2,1-3H3. The van der Waals surface area contributed by atoms with Crippen LogP contribution in [0.15, 0.2) is 76.4 Å². The molecule has 0 N–H and O–H groups in total. The number of ether oxygens (including phenoxy) is 4. The van der Waals surface area contributed by atoms with E-state index in [1.807, 2.05) is 65.5 Å². The Morgan fingerprint density at radius 2 is 1.94 bits per heavy atom. The van der Waals surface area contributed by atoms with Crippen LogP contribution in [0.1, 0.15) is 12.5 Å². The predicted octanol–water partition coefficient (Wildman–Crippen LogP) is 4.86. The van der Waals surface area contributed by atoms with E-state index in [4.69, 9.17) is 29.0 Å². The van der Waals surface area contributed by atoms with Crippen molar-refractivity contribution in [3.63, 3.8) is 0 Å². The van der Waals surface area contributed by atoms with Gasteiger partial charge in [-0.05, 0) is 55.5 Å². The monoisotopic (exact) mass is 474 g/mol. The molecule has 0 radical (unpaired) electrons. The third-order valence-electron chi connectivity index (χ3n) is 5.28. The van der Waals surface area contributed by atoms with Crippen molar-refractivity contribution in [2.45, 2.75) is 6.92 Å². The summed E-state index contributed by atoms with van der Waals surface area (Å²) in [6.07, 6.45) is 3.43. The highest BCUT2D eigenvalue weighted by Gasteiger charge is 2.17. The number of methoxy groups -OCH3 is 2. The number of aromatic nitrogens is 2. The van der Waals surface area contributed by atoms with Crippen molar-refractivity contribution in [1.82, 2.24) is 9.66 Å². The molecule has 0 bridgehead atoms. The van der Waals surface area contributed by atoms with Crippen LogP contribution in [0.25, 0.3) is 11.3 Å². The van der Waals surface area contributed by atoms with Crippen molar-refractivity contribution in [2.24, 2.45) is 10.1 Å². The molecule has 34 heavy (non-hydrogen) atoms. The summed E-state index contributed by atoms with van der Waals surface area (Å²) < 4.78 is 23.9. The minimum atomic E-state index is 0.224. The molecule has 1 aliphatic rings. The topological polar surface area (TPSA) is 79.5 Å². The molecule has 1 aliphatic heterocycles. The van der Waals surface area contributed by atoms with Crippen LogP contribution in [0.2, 0.25) is 0 Å². The smallest absolute Gasteiger partial charge is 0.231 e. The number of pyridine rings is 1. The molecule has 0 atom stereocenters. The van der Waals surface area contributed by atoms with Crippen LogP contribution in [0.5, 0.6) is 23.0 Å². The van der Waals surface area contributed by atoms with Gasteiger partial charge in [-0.3, -0.25) is 4.98 Å². The summed E-state index contributed by atoms with van der Waals surface area (Å²) in [5.41, 5.74) is 4.10. The van der Waals surface area contributed by atoms with Gasteiger partial charge in [0.25, 0.3) is 0 Å². The first-order valence-corrected chi connectivity index (χ1v) is 11.4. The molecule has 2 aromatic heterocycles. The maximum atomic E-state index is 5.64. The van der Waals surface area contributed by atoms with Crippen molar-refractivity contribution >= 4 is 22.7 Å². The lowest BCUT2D eigenvalue weighted by Gasteiger charge is -2.12. The number of thiazole rings is 1. The van der Waals surface area contributed by atoms with Gasteiger partial charge in [-0.15, -0.1) is 11.3 Å². The molecule has 0 unspecified atom stereocenters. The molecule has 172 valence electrons. The largest absolute Gasteiger partial charge is 0.497 e. The molecule has 0 spiro atoms. The highest BCUT2D eigenvalue weighted by molar-refractivity contribution is 7.07. The zero-order chi connectivity index (χ0) is 23.5. The van der Waals surface area contributed by atoms with Gasteiger partial charge in [0.15, 0.2) is 11.5 Å². The normalized spacial score (nSPS) is 13.3. The second kappa shape index (κ2) is 9.40. The zero-order valence-electron chi connectivity index (χ0n) is 18.9. The van der Waals surface area contributed by atoms with Crippen LogP contribution in [0.4, 0.5) is 5.69 Å². The van der Waals surface area contributed by atoms with Gasteiger partial charge in [-0.2, -0.15) is 5.10 Å². The van der Waals surface area contributed by atoms with Gasteiger partial charge in [-0.25, -0.2) is 9.67 Å². The quantitative estimate of drug-likeness (QED) is 0.373. The van der Waals surface area contributed by atoms with Gasteiger partial charge in [0.1, 0.15) is 11.5 Å². The summed E-state index contributed by atoms with van der Waals surface area (Å²) in [4.78, 5) is 9.64. The van der Waals surface area contributed by atoms with E-state index in [0.717, 1.165) is 39.7 Å². The molecule has 2 aromatic carbocycles. The highest BCUT2D eigenvalue weighted by Crippen LogP contribution is 2.35. The average molecular weight is 475 g/mol. The minimum absolute atomic E-state index is 0.224. The number of hydrogen-bond donors (Lipinski definition) is 0. The number of benzene rings is 2. The van der Waals surface area contributed by atoms with Crippen molar-refractivity contribution in [1.29, 1.82) is 0 Å². The van der Waals surface area contributed by atoms with Crippen molar-refractivity contribution in [2.75, 3.05) is 21.0 Å². The molecule has 8 nitrogen and oxygen atoms in total. The Hall–Kier alpha value is -4.11. The fourth-order valence-corrected chi connectivity index (χ4v) is 4.37. The third-order valence-corrected chi connectivity index (χ3v) is 6.10. The number of nitrogens with zero attached hydrogens (tertiary/aromatic N) is 4. The Kier molecular flexibility index (Phi) is 6.01. The van der Waals surface area contributed by atoms with Crippen LogP contribution < -0.4 is 23.7 Å². The zero-order valence-corrected chi connectivity index (χ0v) is 19.7. The Balaban J connectivity index is 1.69. The van der Waals surface area contributed by atoms with E-state index in [2.05, 4.69) is 4.98 Å². The molecule has 0 aliphatic carbocycles. The van der Waals surface area contributed by atoms with E-state index in [-0.39, 0.29) is 6.79 Å². The van der Waals surface area contributed by atoms with Gasteiger partial charge in [0, 0.05) is 22.7 Å². The SMILES string of the molecule is COc1ccc(OC)c(-c2csc(=Nc3cccnc3)n2N=C(C)c2ccc3c(c2)OCO3)c1. The van der Waals surface area contributed by atoms with Gasteiger partial charge in [0.05, 0.1) is 37.5 Å². The Morgan fingerprint density at radius 1 is 1.06 bits per heavy atom. The summed E-state index contributed by atoms with van der Waals surface area (Å²) in [7, 11) is 3.28. The molecule has 0 fully saturated rings. The van der Waals surface area contributed by atoms with Crippen LogP contribution >= 0.6 is 11.3 Å². The summed E-state index contributed by atoms with van der Waals surface area (Å²) in [5.74, 6) is 2.86. The van der Waals surface area contributed by atoms with Crippen LogP contribution in [0.3, 0.4) is 0 Å². The summed E-state index contributed by atoms with van der Waals surface area (Å²) in [6, 6.07) is 15.2. The third kappa shape index (κ3) is 4.25. The molecule has 9 heteroatoms. The van der Waals surface area contributed by atoms with Crippen LogP contribution in [-0.4, -0.2) is 36.4 Å². The minimum Gasteiger partial charge on any atom is -0.497 e. The fraction of sp³-hybridized carbons (Fsp3) is 0.160. The molecular formula is C25H22N4O4S. The first kappa shape index (κ1) is 21.7. The molecule has 0 amide bonds. The Bertz CT molecular complexity index is 1430. The molecule has 4 aromatic rings. The maximum Gasteiger partial charge on any atom is 0.231 e. The number of fused-ring (bicyclic) bond motifs is 1. The second-order valence-electron chi connectivity index (χ2n) is 7.36. The highest BCUT2D eigenvalue weighted by atomic mass is 32.1. The summed E-state index contributed by atoms with van der Waals surface area (Å²) in [5, 5.41) is 6.96. The van der Waals surface area contributed by atoms with Gasteiger partial charge < -0.3 is 18.9 Å². The van der Waals surface area contributed by atoms with E-state index >= 15 is 0 Å². The van der Waals surface area contributed by atoms with Gasteiger partial charge in [-0.1, -0.05) is 0 Å². The molecule has 5 rings (SSSR count). The summed E-state index contributed by atoms with van der Waals surface area (Å²) in [6.45, 7) is 2.17. The predicted molar refractivity (Wildman–Crippen MR) is 130 cm³/mol. The molecule has 0 saturated carbocycles. The maximum absolute atomic E-state index is 5.64. The number of hydrogen-bond acceptors (Lipinski definition) is 8. The molecule has 0 saturated heterocycles. The van der Waals surface area contributed by atoms with E-state index < -0.39 is 0 Å². The number of rotatable bonds is 6. The van der Waals surface area contributed by atoms with E-state index in [0.29, 0.717) is 16.3 Å². The van der Waals surface area contributed by atoms with Gasteiger partial charge in [0.2, 0.25) is 11.6 Å². The lowest BCUT2D eigenvalue weighted by Crippen LogP contribution is -2.14. The first-order valence-electron chi connectivity index (χ1n) is 10.5. The van der Waals surface area contributed by atoms with Crippen molar-refractivity contribution in [3.8, 4) is 34.3 Å². The molecular weight excluding hydrogens is 452 g/mol. The fourth-order valence-electron chi connectivity index (χ4n) is 3.53. The average Bonchev–Trinajstić information content (AvgIpc) is 3.50. The van der Waals surface area contributed by atoms with Crippen molar-refractivity contribution in [3.05, 3.63) is 76.7 Å². The van der Waals surface area contributed by atoms with Crippen molar-refractivity contribution < 1.29 is 18.9 Å². The Morgan fingerprint density at radius 3 is 2.74 bits per heavy atom.